The Balaban J connectivity index is 2.23. The average Bonchev–Trinajstić information content (AvgIpc) is 2.69. The fraction of sp³-hybridized carbons (Fsp3) is 0.455. The predicted molar refractivity (Wildman–Crippen MR) is 72.5 cm³/mol. The van der Waals surface area contributed by atoms with Crippen LogP contribution in [0.1, 0.15) is 12.5 Å². The number of β-amino-alcohol motifs (C(OH)–C–C–N with tert-alkyl or cyclic N) is 1. The number of likely N-dealkylation sites (N-methyl/N-ethyl adjacent to an activating group) is 1. The highest BCUT2D eigenvalue weighted by atomic mass is 35.5. The monoisotopic (exact) mass is 299 g/mol. The van der Waals surface area contributed by atoms with Crippen LogP contribution in [0.25, 0.3) is 0 Å². The van der Waals surface area contributed by atoms with Crippen LogP contribution in [0.15, 0.2) is 23.4 Å². The lowest BCUT2D eigenvalue weighted by atomic mass is 10.2. The van der Waals surface area contributed by atoms with Gasteiger partial charge < -0.3 is 14.9 Å². The first-order valence-electron chi connectivity index (χ1n) is 6.04. The molecule has 1 unspecified atom stereocenters. The van der Waals surface area contributed by atoms with Crippen molar-refractivity contribution in [2.45, 2.75) is 19.7 Å². The molecule has 0 saturated carbocycles. The first-order chi connectivity index (χ1) is 9.51. The average molecular weight is 300 g/mol. The van der Waals surface area contributed by atoms with Crippen LogP contribution in [0.3, 0.4) is 0 Å². The molecule has 0 radical (unpaired) electrons. The Labute approximate surface area is 120 Å². The van der Waals surface area contributed by atoms with Gasteiger partial charge >= 0.3 is 0 Å². The summed E-state index contributed by atoms with van der Waals surface area (Å²) < 4.78 is 0. The summed E-state index contributed by atoms with van der Waals surface area (Å²) in [6.45, 7) is 2.92. The standard InChI is InChI=1S/C11H14ClN5O3/c1-2-15-7-10(18)16(11(15)14-17(19)20)6-8-3-4-9(12)13-5-8/h3-5,10,18H,2,6-7H2,1H3. The van der Waals surface area contributed by atoms with Gasteiger partial charge in [-0.2, -0.15) is 0 Å². The molecule has 1 aliphatic rings. The molecule has 0 aliphatic carbocycles. The number of aliphatic hydroxyl groups is 1. The largest absolute Gasteiger partial charge is 0.372 e. The third-order valence-electron chi connectivity index (χ3n) is 2.98. The van der Waals surface area contributed by atoms with E-state index in [9.17, 15) is 15.2 Å². The molecule has 1 aliphatic heterocycles. The van der Waals surface area contributed by atoms with Crippen LogP contribution in [-0.4, -0.2) is 50.2 Å². The molecule has 0 amide bonds. The van der Waals surface area contributed by atoms with E-state index in [0.29, 0.717) is 11.7 Å². The minimum absolute atomic E-state index is 0.153. The summed E-state index contributed by atoms with van der Waals surface area (Å²) in [6.07, 6.45) is 0.720. The molecule has 0 spiro atoms. The summed E-state index contributed by atoms with van der Waals surface area (Å²) in [5.41, 5.74) is 0.780. The van der Waals surface area contributed by atoms with E-state index in [1.165, 1.54) is 4.90 Å². The van der Waals surface area contributed by atoms with Gasteiger partial charge in [0.2, 0.25) is 0 Å². The maximum Gasteiger partial charge on any atom is 0.276 e. The molecule has 1 aromatic heterocycles. The Morgan fingerprint density at radius 1 is 1.65 bits per heavy atom. The summed E-state index contributed by atoms with van der Waals surface area (Å²) in [5.74, 6) is 0.153. The Morgan fingerprint density at radius 3 is 2.95 bits per heavy atom. The third kappa shape index (κ3) is 3.14. The molecule has 0 aromatic carbocycles. The molecule has 8 nitrogen and oxygen atoms in total. The van der Waals surface area contributed by atoms with Crippen LogP contribution in [-0.2, 0) is 6.54 Å². The van der Waals surface area contributed by atoms with Gasteiger partial charge in [0.05, 0.1) is 13.1 Å². The molecule has 1 N–H and O–H groups in total. The first-order valence-corrected chi connectivity index (χ1v) is 6.42. The molecule has 1 fully saturated rings. The summed E-state index contributed by atoms with van der Waals surface area (Å²) in [6, 6.07) is 3.38. The van der Waals surface area contributed by atoms with Gasteiger partial charge in [0.25, 0.3) is 5.96 Å². The number of nitrogens with zero attached hydrogens (tertiary/aromatic N) is 5. The van der Waals surface area contributed by atoms with E-state index in [1.54, 1.807) is 23.2 Å². The zero-order valence-electron chi connectivity index (χ0n) is 10.8. The summed E-state index contributed by atoms with van der Waals surface area (Å²) in [5, 5.41) is 23.6. The second-order valence-corrected chi connectivity index (χ2v) is 4.66. The second kappa shape index (κ2) is 6.02. The Morgan fingerprint density at radius 2 is 2.40 bits per heavy atom. The lowest BCUT2D eigenvalue weighted by Gasteiger charge is -2.21. The van der Waals surface area contributed by atoms with E-state index >= 15 is 0 Å². The highest BCUT2D eigenvalue weighted by Gasteiger charge is 2.35. The molecule has 2 heterocycles. The molecule has 0 bridgehead atoms. The van der Waals surface area contributed by atoms with Gasteiger partial charge in [0, 0.05) is 12.7 Å². The minimum atomic E-state index is -0.843. The van der Waals surface area contributed by atoms with Crippen molar-refractivity contribution in [1.82, 2.24) is 14.8 Å². The normalized spacial score (nSPS) is 20.8. The summed E-state index contributed by atoms with van der Waals surface area (Å²) in [4.78, 5) is 17.7. The molecule has 20 heavy (non-hydrogen) atoms. The predicted octanol–water partition coefficient (Wildman–Crippen LogP) is 0.739. The highest BCUT2D eigenvalue weighted by Crippen LogP contribution is 2.18. The fourth-order valence-electron chi connectivity index (χ4n) is 2.03. The van der Waals surface area contributed by atoms with Gasteiger partial charge in [-0.1, -0.05) is 17.7 Å². The van der Waals surface area contributed by atoms with Gasteiger partial charge in [0.15, 0.2) is 5.03 Å². The number of hydrogen-bond donors (Lipinski definition) is 1. The third-order valence-corrected chi connectivity index (χ3v) is 3.20. The van der Waals surface area contributed by atoms with Gasteiger partial charge in [0.1, 0.15) is 16.5 Å². The van der Waals surface area contributed by atoms with Crippen LogP contribution in [0.2, 0.25) is 5.15 Å². The van der Waals surface area contributed by atoms with E-state index in [4.69, 9.17) is 11.6 Å². The number of rotatable bonds is 4. The molecule has 1 aromatic rings. The Hall–Kier alpha value is -1.93. The lowest BCUT2D eigenvalue weighted by Crippen LogP contribution is -2.36. The maximum absolute atomic E-state index is 10.6. The summed E-state index contributed by atoms with van der Waals surface area (Å²) in [7, 11) is 0. The number of hydrazone groups is 1. The minimum Gasteiger partial charge on any atom is -0.372 e. The van der Waals surface area contributed by atoms with E-state index < -0.39 is 11.3 Å². The van der Waals surface area contributed by atoms with E-state index in [1.807, 2.05) is 6.92 Å². The number of nitro groups is 1. The van der Waals surface area contributed by atoms with Gasteiger partial charge in [-0.25, -0.2) is 15.1 Å². The lowest BCUT2D eigenvalue weighted by molar-refractivity contribution is -0.486. The van der Waals surface area contributed by atoms with E-state index in [-0.39, 0.29) is 19.0 Å². The van der Waals surface area contributed by atoms with Crippen LogP contribution < -0.4 is 0 Å². The van der Waals surface area contributed by atoms with Gasteiger partial charge in [-0.05, 0) is 18.6 Å². The zero-order valence-corrected chi connectivity index (χ0v) is 11.6. The van der Waals surface area contributed by atoms with Crippen molar-refractivity contribution in [3.8, 4) is 0 Å². The number of hydrogen-bond acceptors (Lipinski definition) is 4. The van der Waals surface area contributed by atoms with Gasteiger partial charge in [-0.15, -0.1) is 0 Å². The number of halogens is 1. The number of pyridine rings is 1. The SMILES string of the molecule is CCN1CC(O)N(Cc2ccc(Cl)nc2)C1=N[N+](=O)[O-]. The number of guanidine groups is 1. The van der Waals surface area contributed by atoms with Crippen molar-refractivity contribution < 1.29 is 10.1 Å². The van der Waals surface area contributed by atoms with Crippen molar-refractivity contribution in [1.29, 1.82) is 0 Å². The molecular weight excluding hydrogens is 286 g/mol. The van der Waals surface area contributed by atoms with Crippen molar-refractivity contribution >= 4 is 17.6 Å². The summed E-state index contributed by atoms with van der Waals surface area (Å²) >= 11 is 5.70. The first kappa shape index (κ1) is 14.5. The van der Waals surface area contributed by atoms with Crippen LogP contribution in [0, 0.1) is 10.1 Å². The quantitative estimate of drug-likeness (QED) is 0.500. The Kier molecular flexibility index (Phi) is 4.35. The van der Waals surface area contributed by atoms with E-state index in [2.05, 4.69) is 10.1 Å². The number of aliphatic hydroxyl groups excluding tert-OH is 1. The van der Waals surface area contributed by atoms with Crippen molar-refractivity contribution in [2.24, 2.45) is 5.10 Å². The fourth-order valence-corrected chi connectivity index (χ4v) is 2.14. The second-order valence-electron chi connectivity index (χ2n) is 4.27. The van der Waals surface area contributed by atoms with Crippen molar-refractivity contribution in [2.75, 3.05) is 13.1 Å². The van der Waals surface area contributed by atoms with Crippen LogP contribution in [0.4, 0.5) is 0 Å². The Bertz CT molecular complexity index is 521. The number of aromatic nitrogens is 1. The topological polar surface area (TPSA) is 95.1 Å². The highest BCUT2D eigenvalue weighted by molar-refractivity contribution is 6.29. The molecule has 2 rings (SSSR count). The molecule has 108 valence electrons. The van der Waals surface area contributed by atoms with Crippen LogP contribution >= 0.6 is 11.6 Å². The maximum atomic E-state index is 10.6. The molecule has 9 heteroatoms. The smallest absolute Gasteiger partial charge is 0.276 e. The van der Waals surface area contributed by atoms with Crippen molar-refractivity contribution in [3.63, 3.8) is 0 Å². The molecule has 1 saturated heterocycles. The van der Waals surface area contributed by atoms with Crippen LogP contribution in [0.5, 0.6) is 0 Å². The van der Waals surface area contributed by atoms with Crippen molar-refractivity contribution in [3.05, 3.63) is 39.2 Å². The zero-order chi connectivity index (χ0) is 14.7. The van der Waals surface area contributed by atoms with E-state index in [0.717, 1.165) is 5.56 Å². The molecular formula is C11H14ClN5O3. The van der Waals surface area contributed by atoms with Gasteiger partial charge in [-0.3, -0.25) is 0 Å². The molecule has 1 atom stereocenters.